The van der Waals surface area contributed by atoms with Gasteiger partial charge < -0.3 is 19.8 Å². The molecule has 1 aliphatic rings. The van der Waals surface area contributed by atoms with Crippen LogP contribution in [0.2, 0.25) is 0 Å². The Hall–Kier alpha value is -3.71. The molecule has 2 N–H and O–H groups in total. The molecule has 0 aliphatic carbocycles. The van der Waals surface area contributed by atoms with Gasteiger partial charge in [0.05, 0.1) is 5.39 Å². The first-order valence-electron chi connectivity index (χ1n) is 12.1. The van der Waals surface area contributed by atoms with Crippen molar-refractivity contribution in [2.24, 2.45) is 5.92 Å². The predicted molar refractivity (Wildman–Crippen MR) is 138 cm³/mol. The number of ether oxygens (including phenoxy) is 1. The maximum atomic E-state index is 12.7. The Kier molecular flexibility index (Phi) is 6.26. The average molecular weight is 471 g/mol. The van der Waals surface area contributed by atoms with Crippen LogP contribution in [0.1, 0.15) is 33.6 Å². The van der Waals surface area contributed by atoms with Crippen molar-refractivity contribution in [1.82, 2.24) is 9.97 Å². The second kappa shape index (κ2) is 9.50. The van der Waals surface area contributed by atoms with Crippen LogP contribution in [0.15, 0.2) is 65.3 Å². The molecule has 7 heteroatoms. The molecule has 1 unspecified atom stereocenters. The lowest BCUT2D eigenvalue weighted by atomic mass is 9.99. The van der Waals surface area contributed by atoms with Crippen LogP contribution in [0.3, 0.4) is 0 Å². The van der Waals surface area contributed by atoms with E-state index in [1.165, 1.54) is 6.33 Å². The van der Waals surface area contributed by atoms with Gasteiger partial charge in [0.15, 0.2) is 0 Å². The molecular formula is C28H30N4O3. The van der Waals surface area contributed by atoms with E-state index in [9.17, 15) is 4.79 Å². The first-order chi connectivity index (χ1) is 16.9. The van der Waals surface area contributed by atoms with E-state index in [1.807, 2.05) is 49.4 Å². The number of nitrogens with zero attached hydrogens (tertiary/aromatic N) is 2. The number of carbonyl (C=O) groups excluding carboxylic acids is 1. The fraction of sp³-hybridized carbons (Fsp3) is 0.321. The summed E-state index contributed by atoms with van der Waals surface area (Å²) in [4.78, 5) is 21.7. The average Bonchev–Trinajstić information content (AvgIpc) is 3.49. The van der Waals surface area contributed by atoms with Crippen molar-refractivity contribution in [2.75, 3.05) is 23.8 Å². The van der Waals surface area contributed by atoms with E-state index in [2.05, 4.69) is 46.6 Å². The first-order valence-corrected chi connectivity index (χ1v) is 12.1. The number of fused-ring (bicyclic) bond motifs is 1. The Morgan fingerprint density at radius 3 is 2.51 bits per heavy atom. The smallest absolute Gasteiger partial charge is 0.256 e. The van der Waals surface area contributed by atoms with Crippen LogP contribution in [0.4, 0.5) is 11.5 Å². The van der Waals surface area contributed by atoms with Gasteiger partial charge in [0.25, 0.3) is 5.91 Å². The van der Waals surface area contributed by atoms with Gasteiger partial charge in [-0.2, -0.15) is 0 Å². The lowest BCUT2D eigenvalue weighted by molar-refractivity contribution is -0.133. The van der Waals surface area contributed by atoms with E-state index in [1.54, 1.807) is 0 Å². The summed E-state index contributed by atoms with van der Waals surface area (Å²) in [5, 5.41) is 7.30. The van der Waals surface area contributed by atoms with Gasteiger partial charge in [0.2, 0.25) is 5.71 Å². The number of carbonyl (C=O) groups is 1. The van der Waals surface area contributed by atoms with Gasteiger partial charge in [-0.15, -0.1) is 0 Å². The number of hydrogen-bond donors (Lipinski definition) is 2. The molecule has 180 valence electrons. The molecule has 0 radical (unpaired) electrons. The standard InChI is InChI=1S/C28H30N4O3/c1-18(2)16-29-25-23-22(19-8-5-4-6-9-19)24(35-26(23)31-17-30-25)20-10-12-21(13-11-20)32-27(33)28(3)14-7-15-34-28/h4-6,8-13,17-18H,7,14-16H2,1-3H3,(H,32,33)(H,29,30,31). The predicted octanol–water partition coefficient (Wildman–Crippen LogP) is 6.13. The zero-order valence-electron chi connectivity index (χ0n) is 20.3. The molecule has 1 amide bonds. The van der Waals surface area contributed by atoms with Crippen molar-refractivity contribution in [3.8, 4) is 22.5 Å². The lowest BCUT2D eigenvalue weighted by Crippen LogP contribution is -2.39. The molecule has 0 bridgehead atoms. The van der Waals surface area contributed by atoms with Crippen molar-refractivity contribution in [3.63, 3.8) is 0 Å². The Balaban J connectivity index is 1.53. The van der Waals surface area contributed by atoms with Gasteiger partial charge in [0, 0.05) is 30.0 Å². The van der Waals surface area contributed by atoms with E-state index >= 15 is 0 Å². The Bertz CT molecular complexity index is 1320. The third kappa shape index (κ3) is 4.64. The number of benzene rings is 2. The second-order valence-electron chi connectivity index (χ2n) is 9.56. The molecule has 35 heavy (non-hydrogen) atoms. The SMILES string of the molecule is CC(C)CNc1ncnc2oc(-c3ccc(NC(=O)C4(C)CCCO4)cc3)c(-c3ccccc3)c12. The minimum Gasteiger partial charge on any atom is -0.437 e. The molecule has 5 rings (SSSR count). The van der Waals surface area contributed by atoms with Crippen molar-refractivity contribution >= 4 is 28.5 Å². The Labute approximate surface area is 204 Å². The summed E-state index contributed by atoms with van der Waals surface area (Å²) in [5.41, 5.74) is 3.33. The van der Waals surface area contributed by atoms with Gasteiger partial charge in [-0.3, -0.25) is 4.79 Å². The molecule has 4 aromatic rings. The quantitative estimate of drug-likeness (QED) is 0.338. The zero-order valence-corrected chi connectivity index (χ0v) is 20.3. The Morgan fingerprint density at radius 1 is 1.06 bits per heavy atom. The molecule has 1 fully saturated rings. The normalized spacial score (nSPS) is 17.7. The summed E-state index contributed by atoms with van der Waals surface area (Å²) >= 11 is 0. The molecule has 0 spiro atoms. The maximum Gasteiger partial charge on any atom is 0.256 e. The molecule has 0 saturated carbocycles. The number of amides is 1. The van der Waals surface area contributed by atoms with Gasteiger partial charge in [0.1, 0.15) is 23.5 Å². The van der Waals surface area contributed by atoms with Crippen LogP contribution in [-0.2, 0) is 9.53 Å². The monoisotopic (exact) mass is 470 g/mol. The van der Waals surface area contributed by atoms with E-state index in [4.69, 9.17) is 9.15 Å². The first kappa shape index (κ1) is 23.1. The van der Waals surface area contributed by atoms with Crippen LogP contribution in [0.5, 0.6) is 0 Å². The highest BCUT2D eigenvalue weighted by Gasteiger charge is 2.37. The lowest BCUT2D eigenvalue weighted by Gasteiger charge is -2.21. The number of hydrogen-bond acceptors (Lipinski definition) is 6. The van der Waals surface area contributed by atoms with Crippen molar-refractivity contribution in [3.05, 3.63) is 60.9 Å². The maximum absolute atomic E-state index is 12.7. The number of nitrogens with one attached hydrogen (secondary N) is 2. The Morgan fingerprint density at radius 2 is 1.83 bits per heavy atom. The third-order valence-electron chi connectivity index (χ3n) is 6.33. The highest BCUT2D eigenvalue weighted by Crippen LogP contribution is 2.42. The summed E-state index contributed by atoms with van der Waals surface area (Å²) < 4.78 is 12.0. The summed E-state index contributed by atoms with van der Waals surface area (Å²) in [6.45, 7) is 7.57. The highest BCUT2D eigenvalue weighted by atomic mass is 16.5. The van der Waals surface area contributed by atoms with Crippen LogP contribution >= 0.6 is 0 Å². The molecule has 1 atom stereocenters. The minimum atomic E-state index is -0.768. The van der Waals surface area contributed by atoms with E-state index < -0.39 is 5.60 Å². The number of aromatic nitrogens is 2. The second-order valence-corrected chi connectivity index (χ2v) is 9.56. The van der Waals surface area contributed by atoms with E-state index in [0.29, 0.717) is 29.7 Å². The van der Waals surface area contributed by atoms with Crippen LogP contribution in [-0.4, -0.2) is 34.6 Å². The van der Waals surface area contributed by atoms with Crippen molar-refractivity contribution < 1.29 is 13.9 Å². The third-order valence-corrected chi connectivity index (χ3v) is 6.33. The largest absolute Gasteiger partial charge is 0.437 e. The molecular weight excluding hydrogens is 440 g/mol. The zero-order chi connectivity index (χ0) is 24.4. The fourth-order valence-corrected chi connectivity index (χ4v) is 4.38. The number of anilines is 2. The van der Waals surface area contributed by atoms with E-state index in [0.717, 1.165) is 47.3 Å². The van der Waals surface area contributed by atoms with Gasteiger partial charge in [-0.1, -0.05) is 44.2 Å². The molecule has 1 aliphatic heterocycles. The van der Waals surface area contributed by atoms with Crippen LogP contribution in [0.25, 0.3) is 33.6 Å². The number of rotatable bonds is 7. The van der Waals surface area contributed by atoms with Crippen LogP contribution in [0, 0.1) is 5.92 Å². The molecule has 7 nitrogen and oxygen atoms in total. The van der Waals surface area contributed by atoms with Crippen molar-refractivity contribution in [1.29, 1.82) is 0 Å². The summed E-state index contributed by atoms with van der Waals surface area (Å²) in [7, 11) is 0. The molecule has 1 saturated heterocycles. The van der Waals surface area contributed by atoms with Gasteiger partial charge >= 0.3 is 0 Å². The van der Waals surface area contributed by atoms with Crippen molar-refractivity contribution in [2.45, 2.75) is 39.2 Å². The highest BCUT2D eigenvalue weighted by molar-refractivity contribution is 6.06. The fourth-order valence-electron chi connectivity index (χ4n) is 4.38. The van der Waals surface area contributed by atoms with E-state index in [-0.39, 0.29) is 5.91 Å². The molecule has 3 heterocycles. The summed E-state index contributed by atoms with van der Waals surface area (Å²) in [6, 6.07) is 17.8. The topological polar surface area (TPSA) is 89.3 Å². The number of furan rings is 1. The molecule has 2 aromatic heterocycles. The molecule has 2 aromatic carbocycles. The van der Waals surface area contributed by atoms with Crippen LogP contribution < -0.4 is 10.6 Å². The minimum absolute atomic E-state index is 0.118. The van der Waals surface area contributed by atoms with Gasteiger partial charge in [-0.05, 0) is 55.5 Å². The van der Waals surface area contributed by atoms with Gasteiger partial charge in [-0.25, -0.2) is 9.97 Å². The summed E-state index contributed by atoms with van der Waals surface area (Å²) in [6.07, 6.45) is 3.15. The summed E-state index contributed by atoms with van der Waals surface area (Å²) in [5.74, 6) is 1.81.